The normalized spacial score (nSPS) is 10.6. The number of carbonyl (C=O) groups excluding carboxylic acids is 1. The Bertz CT molecular complexity index is 1240. The van der Waals surface area contributed by atoms with Crippen LogP contribution >= 0.6 is 11.6 Å². The first-order chi connectivity index (χ1) is 15.5. The number of nitrogens with one attached hydrogen (secondary N) is 2. The van der Waals surface area contributed by atoms with Crippen molar-refractivity contribution in [1.82, 2.24) is 14.8 Å². The molecule has 4 rings (SSSR count). The quantitative estimate of drug-likeness (QED) is 0.412. The van der Waals surface area contributed by atoms with Crippen molar-refractivity contribution in [2.75, 3.05) is 17.7 Å². The number of carbonyl (C=O) groups is 1. The van der Waals surface area contributed by atoms with E-state index in [0.717, 1.165) is 22.6 Å². The zero-order valence-corrected chi connectivity index (χ0v) is 18.4. The van der Waals surface area contributed by atoms with Gasteiger partial charge in [-0.2, -0.15) is 9.67 Å². The van der Waals surface area contributed by atoms with E-state index in [4.69, 9.17) is 16.3 Å². The van der Waals surface area contributed by atoms with E-state index >= 15 is 0 Å². The Morgan fingerprint density at radius 3 is 2.56 bits per heavy atom. The van der Waals surface area contributed by atoms with Crippen LogP contribution in [0.15, 0.2) is 72.8 Å². The second-order valence-electron chi connectivity index (χ2n) is 7.12. The van der Waals surface area contributed by atoms with Crippen LogP contribution in [-0.2, 0) is 6.54 Å². The number of benzene rings is 3. The number of nitrogens with zero attached hydrogens (tertiary/aromatic N) is 3. The largest absolute Gasteiger partial charge is 0.497 e. The van der Waals surface area contributed by atoms with E-state index in [2.05, 4.69) is 20.7 Å². The van der Waals surface area contributed by atoms with Crippen LogP contribution in [0.3, 0.4) is 0 Å². The first kappa shape index (κ1) is 21.4. The first-order valence-electron chi connectivity index (χ1n) is 10.0. The molecular formula is C24H22ClN5O2. The number of hydrogen-bond donors (Lipinski definition) is 2. The number of hydrogen-bond acceptors (Lipinski definition) is 5. The van der Waals surface area contributed by atoms with Crippen LogP contribution in [-0.4, -0.2) is 27.8 Å². The lowest BCUT2D eigenvalue weighted by Crippen LogP contribution is -2.17. The summed E-state index contributed by atoms with van der Waals surface area (Å²) >= 11 is 6.07. The highest BCUT2D eigenvalue weighted by Gasteiger charge is 2.17. The molecule has 0 aliphatic heterocycles. The van der Waals surface area contributed by atoms with Gasteiger partial charge >= 0.3 is 0 Å². The number of ether oxygens (including phenoxy) is 1. The minimum atomic E-state index is -0.258. The Morgan fingerprint density at radius 2 is 1.84 bits per heavy atom. The Kier molecular flexibility index (Phi) is 6.37. The Morgan fingerprint density at radius 1 is 1.06 bits per heavy atom. The molecule has 1 heterocycles. The van der Waals surface area contributed by atoms with Crippen molar-refractivity contribution in [2.24, 2.45) is 0 Å². The van der Waals surface area contributed by atoms with Crippen LogP contribution in [0.25, 0.3) is 5.69 Å². The van der Waals surface area contributed by atoms with Gasteiger partial charge in [0.25, 0.3) is 5.91 Å². The zero-order valence-electron chi connectivity index (χ0n) is 17.7. The van der Waals surface area contributed by atoms with Crippen molar-refractivity contribution in [3.8, 4) is 11.4 Å². The summed E-state index contributed by atoms with van der Waals surface area (Å²) in [6.07, 6.45) is 0. The number of aryl methyl sites for hydroxylation is 1. The van der Waals surface area contributed by atoms with Gasteiger partial charge < -0.3 is 10.1 Å². The van der Waals surface area contributed by atoms with Crippen molar-refractivity contribution >= 4 is 29.4 Å². The molecule has 0 atom stereocenters. The van der Waals surface area contributed by atoms with Crippen LogP contribution in [0.4, 0.5) is 11.9 Å². The van der Waals surface area contributed by atoms with E-state index < -0.39 is 0 Å². The molecule has 1 aromatic heterocycles. The first-order valence-corrected chi connectivity index (χ1v) is 10.4. The van der Waals surface area contributed by atoms with Crippen molar-refractivity contribution in [3.05, 3.63) is 94.5 Å². The van der Waals surface area contributed by atoms with Gasteiger partial charge in [-0.25, -0.2) is 0 Å². The molecule has 0 aliphatic rings. The van der Waals surface area contributed by atoms with Gasteiger partial charge in [0.05, 0.1) is 12.8 Å². The molecule has 4 aromatic rings. The van der Waals surface area contributed by atoms with Gasteiger partial charge in [0.2, 0.25) is 11.9 Å². The average molecular weight is 448 g/mol. The lowest BCUT2D eigenvalue weighted by Gasteiger charge is -2.09. The fourth-order valence-electron chi connectivity index (χ4n) is 3.20. The molecule has 2 N–H and O–H groups in total. The number of amides is 1. The Labute approximate surface area is 191 Å². The molecule has 0 radical (unpaired) electrons. The van der Waals surface area contributed by atoms with E-state index in [-0.39, 0.29) is 5.91 Å². The van der Waals surface area contributed by atoms with Crippen LogP contribution < -0.4 is 15.4 Å². The maximum absolute atomic E-state index is 12.9. The molecule has 32 heavy (non-hydrogen) atoms. The van der Waals surface area contributed by atoms with Gasteiger partial charge in [0.1, 0.15) is 5.75 Å². The van der Waals surface area contributed by atoms with Gasteiger partial charge in [-0.15, -0.1) is 5.10 Å². The van der Waals surface area contributed by atoms with E-state index in [1.54, 1.807) is 17.9 Å². The van der Waals surface area contributed by atoms with E-state index in [1.165, 1.54) is 0 Å². The highest BCUT2D eigenvalue weighted by molar-refractivity contribution is 6.30. The molecule has 1 amide bonds. The number of aromatic nitrogens is 3. The smallest absolute Gasteiger partial charge is 0.258 e. The van der Waals surface area contributed by atoms with Crippen LogP contribution in [0, 0.1) is 6.92 Å². The molecule has 8 heteroatoms. The molecule has 0 aliphatic carbocycles. The summed E-state index contributed by atoms with van der Waals surface area (Å²) in [5.74, 6) is 1.14. The van der Waals surface area contributed by atoms with Crippen LogP contribution in [0.2, 0.25) is 5.02 Å². The van der Waals surface area contributed by atoms with Gasteiger partial charge in [-0.05, 0) is 60.5 Å². The Balaban J connectivity index is 1.63. The fourth-order valence-corrected chi connectivity index (χ4v) is 3.41. The highest BCUT2D eigenvalue weighted by Crippen LogP contribution is 2.21. The fraction of sp³-hybridized carbons (Fsp3) is 0.125. The second kappa shape index (κ2) is 9.53. The highest BCUT2D eigenvalue weighted by atomic mass is 35.5. The minimum absolute atomic E-state index is 0.258. The summed E-state index contributed by atoms with van der Waals surface area (Å²) in [6.45, 7) is 2.37. The SMILES string of the molecule is COc1ccc(-n2nc(NCc3cccc(Cl)c3)nc2NC(=O)c2ccccc2C)cc1. The van der Waals surface area contributed by atoms with E-state index in [9.17, 15) is 4.79 Å². The monoisotopic (exact) mass is 447 g/mol. The number of methoxy groups -OCH3 is 1. The zero-order chi connectivity index (χ0) is 22.5. The van der Waals surface area contributed by atoms with Crippen molar-refractivity contribution < 1.29 is 9.53 Å². The van der Waals surface area contributed by atoms with Crippen molar-refractivity contribution in [1.29, 1.82) is 0 Å². The molecule has 0 spiro atoms. The third kappa shape index (κ3) is 4.90. The summed E-state index contributed by atoms with van der Waals surface area (Å²) in [4.78, 5) is 17.4. The molecular weight excluding hydrogens is 426 g/mol. The third-order valence-corrected chi connectivity index (χ3v) is 5.11. The molecule has 0 saturated carbocycles. The standard InChI is InChI=1S/C24H22ClN5O2/c1-16-6-3-4-9-21(16)22(31)27-24-28-23(26-15-17-7-5-8-18(25)14-17)29-30(24)19-10-12-20(32-2)13-11-19/h3-14H,15H2,1-2H3,(H2,26,27,28,29,31). The van der Waals surface area contributed by atoms with Crippen LogP contribution in [0.1, 0.15) is 21.5 Å². The molecule has 7 nitrogen and oxygen atoms in total. The van der Waals surface area contributed by atoms with Crippen molar-refractivity contribution in [3.63, 3.8) is 0 Å². The van der Waals surface area contributed by atoms with E-state index in [0.29, 0.717) is 29.0 Å². The van der Waals surface area contributed by atoms with Gasteiger partial charge in [0.15, 0.2) is 0 Å². The maximum atomic E-state index is 12.9. The second-order valence-corrected chi connectivity index (χ2v) is 7.56. The summed E-state index contributed by atoms with van der Waals surface area (Å²) < 4.78 is 6.81. The number of anilines is 2. The van der Waals surface area contributed by atoms with E-state index in [1.807, 2.05) is 73.7 Å². The Hall–Kier alpha value is -3.84. The maximum Gasteiger partial charge on any atom is 0.258 e. The predicted octanol–water partition coefficient (Wildman–Crippen LogP) is 5.10. The summed E-state index contributed by atoms with van der Waals surface area (Å²) in [5.41, 5.74) is 3.17. The summed E-state index contributed by atoms with van der Waals surface area (Å²) in [5, 5.41) is 11.3. The summed E-state index contributed by atoms with van der Waals surface area (Å²) in [7, 11) is 1.61. The molecule has 0 bridgehead atoms. The number of halogens is 1. The van der Waals surface area contributed by atoms with Gasteiger partial charge in [-0.3, -0.25) is 10.1 Å². The topological polar surface area (TPSA) is 81.1 Å². The minimum Gasteiger partial charge on any atom is -0.497 e. The lowest BCUT2D eigenvalue weighted by molar-refractivity contribution is 0.102. The predicted molar refractivity (Wildman–Crippen MR) is 126 cm³/mol. The third-order valence-electron chi connectivity index (χ3n) is 4.88. The summed E-state index contributed by atoms with van der Waals surface area (Å²) in [6, 6.07) is 22.3. The molecule has 0 unspecified atom stereocenters. The van der Waals surface area contributed by atoms with Crippen molar-refractivity contribution in [2.45, 2.75) is 13.5 Å². The number of rotatable bonds is 7. The molecule has 0 fully saturated rings. The lowest BCUT2D eigenvalue weighted by atomic mass is 10.1. The average Bonchev–Trinajstić information content (AvgIpc) is 3.20. The molecule has 3 aromatic carbocycles. The van der Waals surface area contributed by atoms with Crippen LogP contribution in [0.5, 0.6) is 5.75 Å². The molecule has 162 valence electrons. The molecule has 0 saturated heterocycles. The van der Waals surface area contributed by atoms with Gasteiger partial charge in [-0.1, -0.05) is 41.9 Å². The van der Waals surface area contributed by atoms with Gasteiger partial charge in [0, 0.05) is 17.1 Å².